The van der Waals surface area contributed by atoms with Crippen LogP contribution in [0.15, 0.2) is 24.3 Å². The van der Waals surface area contributed by atoms with E-state index in [-0.39, 0.29) is 6.10 Å². The summed E-state index contributed by atoms with van der Waals surface area (Å²) in [5, 5.41) is 10.2. The number of aliphatic hydroxyl groups is 1. The van der Waals surface area contributed by atoms with Gasteiger partial charge in [-0.15, -0.1) is 0 Å². The minimum absolute atomic E-state index is 0.237. The Hall–Kier alpha value is -0.820. The van der Waals surface area contributed by atoms with Gasteiger partial charge in [-0.1, -0.05) is 45.0 Å². The number of rotatable bonds is 2. The molecule has 1 aromatic carbocycles. The van der Waals surface area contributed by atoms with Crippen molar-refractivity contribution in [2.75, 3.05) is 0 Å². The van der Waals surface area contributed by atoms with Crippen LogP contribution in [0.1, 0.15) is 50.8 Å². The molecule has 1 nitrogen and oxygen atoms in total. The molecule has 16 heavy (non-hydrogen) atoms. The van der Waals surface area contributed by atoms with E-state index in [0.29, 0.717) is 11.3 Å². The third-order valence-corrected chi connectivity index (χ3v) is 3.57. The zero-order chi connectivity index (χ0) is 11.8. The fourth-order valence-electron chi connectivity index (χ4n) is 2.53. The second-order valence-corrected chi connectivity index (χ2v) is 6.21. The number of hydrogen-bond acceptors (Lipinski definition) is 1. The molecular weight excluding hydrogens is 196 g/mol. The molecule has 0 aliphatic heterocycles. The van der Waals surface area contributed by atoms with Crippen LogP contribution in [0.2, 0.25) is 0 Å². The highest BCUT2D eigenvalue weighted by molar-refractivity contribution is 5.34. The standard InChI is InChI=1S/C15H22O/c1-15(2,3)9-8-12-10-11-6-4-5-7-13(11)14(12)16/h4-7,12,14,16H,8-10H2,1-3H3. The molecule has 2 rings (SSSR count). The summed E-state index contributed by atoms with van der Waals surface area (Å²) >= 11 is 0. The average molecular weight is 218 g/mol. The molecule has 0 radical (unpaired) electrons. The van der Waals surface area contributed by atoms with Gasteiger partial charge in [0, 0.05) is 0 Å². The van der Waals surface area contributed by atoms with Gasteiger partial charge in [-0.3, -0.25) is 0 Å². The molecule has 1 aromatic rings. The lowest BCUT2D eigenvalue weighted by Gasteiger charge is -2.22. The molecule has 0 saturated heterocycles. The molecular formula is C15H22O. The van der Waals surface area contributed by atoms with Crippen LogP contribution in [0.4, 0.5) is 0 Å². The van der Waals surface area contributed by atoms with Gasteiger partial charge < -0.3 is 5.11 Å². The van der Waals surface area contributed by atoms with Gasteiger partial charge in [-0.2, -0.15) is 0 Å². The van der Waals surface area contributed by atoms with Gasteiger partial charge in [-0.25, -0.2) is 0 Å². The van der Waals surface area contributed by atoms with Crippen LogP contribution in [-0.2, 0) is 6.42 Å². The van der Waals surface area contributed by atoms with Gasteiger partial charge in [0.1, 0.15) is 0 Å². The normalized spacial score (nSPS) is 24.5. The number of fused-ring (bicyclic) bond motifs is 1. The van der Waals surface area contributed by atoms with Crippen molar-refractivity contribution >= 4 is 0 Å². The molecule has 0 bridgehead atoms. The largest absolute Gasteiger partial charge is 0.388 e. The molecule has 1 N–H and O–H groups in total. The Bertz CT molecular complexity index is 362. The Kier molecular flexibility index (Phi) is 3.07. The molecule has 1 aliphatic rings. The van der Waals surface area contributed by atoms with E-state index in [9.17, 15) is 5.11 Å². The van der Waals surface area contributed by atoms with Crippen LogP contribution in [0.5, 0.6) is 0 Å². The third kappa shape index (κ3) is 2.46. The SMILES string of the molecule is CC(C)(C)CCC1Cc2ccccc2C1O. The Labute approximate surface area is 98.5 Å². The van der Waals surface area contributed by atoms with E-state index >= 15 is 0 Å². The Morgan fingerprint density at radius 2 is 1.94 bits per heavy atom. The first-order chi connectivity index (χ1) is 7.47. The second kappa shape index (κ2) is 4.21. The lowest BCUT2D eigenvalue weighted by Crippen LogP contribution is -2.12. The highest BCUT2D eigenvalue weighted by Crippen LogP contribution is 2.39. The fourth-order valence-corrected chi connectivity index (χ4v) is 2.53. The number of aliphatic hydroxyl groups excluding tert-OH is 1. The van der Waals surface area contributed by atoms with Crippen molar-refractivity contribution < 1.29 is 5.11 Å². The van der Waals surface area contributed by atoms with E-state index in [1.54, 1.807) is 0 Å². The molecule has 0 spiro atoms. The van der Waals surface area contributed by atoms with Crippen LogP contribution in [0.3, 0.4) is 0 Å². The topological polar surface area (TPSA) is 20.2 Å². The zero-order valence-corrected chi connectivity index (χ0v) is 10.5. The zero-order valence-electron chi connectivity index (χ0n) is 10.5. The van der Waals surface area contributed by atoms with Gasteiger partial charge in [0.25, 0.3) is 0 Å². The first kappa shape index (κ1) is 11.7. The predicted octanol–water partition coefficient (Wildman–Crippen LogP) is 3.72. The van der Waals surface area contributed by atoms with Crippen LogP contribution in [0, 0.1) is 11.3 Å². The van der Waals surface area contributed by atoms with Crippen LogP contribution in [-0.4, -0.2) is 5.11 Å². The fraction of sp³-hybridized carbons (Fsp3) is 0.600. The lowest BCUT2D eigenvalue weighted by atomic mass is 9.85. The average Bonchev–Trinajstić information content (AvgIpc) is 2.53. The summed E-state index contributed by atoms with van der Waals surface area (Å²) in [7, 11) is 0. The first-order valence-electron chi connectivity index (χ1n) is 6.23. The highest BCUT2D eigenvalue weighted by atomic mass is 16.3. The highest BCUT2D eigenvalue weighted by Gasteiger charge is 2.30. The number of benzene rings is 1. The monoisotopic (exact) mass is 218 g/mol. The Morgan fingerprint density at radius 1 is 1.25 bits per heavy atom. The molecule has 0 fully saturated rings. The Morgan fingerprint density at radius 3 is 2.56 bits per heavy atom. The van der Waals surface area contributed by atoms with Gasteiger partial charge in [0.05, 0.1) is 6.10 Å². The molecule has 0 saturated carbocycles. The van der Waals surface area contributed by atoms with Crippen molar-refractivity contribution in [3.63, 3.8) is 0 Å². The van der Waals surface area contributed by atoms with Crippen molar-refractivity contribution in [1.82, 2.24) is 0 Å². The molecule has 1 aliphatic carbocycles. The van der Waals surface area contributed by atoms with Crippen molar-refractivity contribution in [3.8, 4) is 0 Å². The molecule has 2 atom stereocenters. The maximum Gasteiger partial charge on any atom is 0.0824 e. The van der Waals surface area contributed by atoms with Crippen LogP contribution >= 0.6 is 0 Å². The van der Waals surface area contributed by atoms with Crippen molar-refractivity contribution in [3.05, 3.63) is 35.4 Å². The second-order valence-electron chi connectivity index (χ2n) is 6.21. The quantitative estimate of drug-likeness (QED) is 0.802. The van der Waals surface area contributed by atoms with Crippen LogP contribution in [0.25, 0.3) is 0 Å². The van der Waals surface area contributed by atoms with Crippen LogP contribution < -0.4 is 0 Å². The minimum atomic E-state index is -0.237. The molecule has 1 heteroatoms. The molecule has 88 valence electrons. The summed E-state index contributed by atoms with van der Waals surface area (Å²) < 4.78 is 0. The summed E-state index contributed by atoms with van der Waals surface area (Å²) in [6.45, 7) is 6.80. The third-order valence-electron chi connectivity index (χ3n) is 3.57. The minimum Gasteiger partial charge on any atom is -0.388 e. The molecule has 2 unspecified atom stereocenters. The Balaban J connectivity index is 2.02. The van der Waals surface area contributed by atoms with Crippen molar-refractivity contribution in [2.45, 2.75) is 46.1 Å². The van der Waals surface area contributed by atoms with E-state index in [0.717, 1.165) is 18.4 Å². The van der Waals surface area contributed by atoms with Gasteiger partial charge in [0.15, 0.2) is 0 Å². The van der Waals surface area contributed by atoms with E-state index < -0.39 is 0 Å². The maximum atomic E-state index is 10.2. The summed E-state index contributed by atoms with van der Waals surface area (Å²) in [4.78, 5) is 0. The van der Waals surface area contributed by atoms with E-state index in [1.807, 2.05) is 6.07 Å². The smallest absolute Gasteiger partial charge is 0.0824 e. The van der Waals surface area contributed by atoms with Gasteiger partial charge in [-0.05, 0) is 41.7 Å². The molecule has 0 amide bonds. The first-order valence-corrected chi connectivity index (χ1v) is 6.23. The maximum absolute atomic E-state index is 10.2. The van der Waals surface area contributed by atoms with E-state index in [4.69, 9.17) is 0 Å². The summed E-state index contributed by atoms with van der Waals surface area (Å²) in [5.74, 6) is 0.427. The summed E-state index contributed by atoms with van der Waals surface area (Å²) in [5.41, 5.74) is 2.87. The molecule has 0 heterocycles. The van der Waals surface area contributed by atoms with Crippen molar-refractivity contribution in [2.24, 2.45) is 11.3 Å². The van der Waals surface area contributed by atoms with Gasteiger partial charge in [0.2, 0.25) is 0 Å². The molecule has 0 aromatic heterocycles. The predicted molar refractivity (Wildman–Crippen MR) is 67.3 cm³/mol. The van der Waals surface area contributed by atoms with Gasteiger partial charge >= 0.3 is 0 Å². The summed E-state index contributed by atoms with van der Waals surface area (Å²) in [6, 6.07) is 8.30. The lowest BCUT2D eigenvalue weighted by molar-refractivity contribution is 0.110. The van der Waals surface area contributed by atoms with E-state index in [1.165, 1.54) is 12.0 Å². The number of hydrogen-bond donors (Lipinski definition) is 1. The van der Waals surface area contributed by atoms with E-state index in [2.05, 4.69) is 39.0 Å². The van der Waals surface area contributed by atoms with Crippen molar-refractivity contribution in [1.29, 1.82) is 0 Å². The summed E-state index contributed by atoms with van der Waals surface area (Å²) in [6.07, 6.45) is 3.12.